The van der Waals surface area contributed by atoms with E-state index in [1.54, 1.807) is 11.6 Å². The van der Waals surface area contributed by atoms with E-state index in [2.05, 4.69) is 5.09 Å². The van der Waals surface area contributed by atoms with E-state index in [4.69, 9.17) is 23.2 Å². The largest absolute Gasteiger partial charge is 0.330 e. The molecule has 1 unspecified atom stereocenters. The molecule has 0 aliphatic rings. The van der Waals surface area contributed by atoms with Gasteiger partial charge in [0.1, 0.15) is 0 Å². The molecule has 0 saturated heterocycles. The van der Waals surface area contributed by atoms with Gasteiger partial charge in [-0.1, -0.05) is 102 Å². The normalized spacial score (nSPS) is 14.3. The maximum absolute atomic E-state index is 14.0. The highest BCUT2D eigenvalue weighted by Crippen LogP contribution is 2.54. The fraction of sp³-hybridized carbons (Fsp3) is 0.0833. The first-order valence-corrected chi connectivity index (χ1v) is 11.8. The summed E-state index contributed by atoms with van der Waals surface area (Å²) >= 11 is 13.1. The maximum atomic E-state index is 14.0. The first-order chi connectivity index (χ1) is 13.9. The number of nitrogens with one attached hydrogen (secondary N) is 1. The summed E-state index contributed by atoms with van der Waals surface area (Å²) in [5.41, 5.74) is 4.50. The number of aryl methyl sites for hydroxylation is 2. The lowest BCUT2D eigenvalue weighted by atomic mass is 10.1. The Morgan fingerprint density at radius 1 is 0.793 bits per heavy atom. The van der Waals surface area contributed by atoms with Gasteiger partial charge in [-0.2, -0.15) is 0 Å². The first-order valence-electron chi connectivity index (χ1n) is 9.19. The zero-order valence-electron chi connectivity index (χ0n) is 16.3. The minimum absolute atomic E-state index is 0.403. The third-order valence-corrected chi connectivity index (χ3v) is 7.22. The van der Waals surface area contributed by atoms with Crippen LogP contribution in [0.4, 0.5) is 5.69 Å². The average molecular weight is 442 g/mol. The third kappa shape index (κ3) is 5.87. The van der Waals surface area contributed by atoms with Crippen molar-refractivity contribution in [2.45, 2.75) is 13.8 Å². The molecule has 0 amide bonds. The van der Waals surface area contributed by atoms with Crippen molar-refractivity contribution in [3.05, 3.63) is 113 Å². The summed E-state index contributed by atoms with van der Waals surface area (Å²) < 4.78 is 14.0. The summed E-state index contributed by atoms with van der Waals surface area (Å²) in [5.74, 6) is 3.13. The number of hydrogen-bond acceptors (Lipinski definition) is 1. The van der Waals surface area contributed by atoms with Gasteiger partial charge >= 0.3 is 0 Å². The summed E-state index contributed by atoms with van der Waals surface area (Å²) in [6.45, 7) is 4.00. The van der Waals surface area contributed by atoms with Crippen LogP contribution in [0.3, 0.4) is 0 Å². The summed E-state index contributed by atoms with van der Waals surface area (Å²) in [6.07, 6.45) is 0. The zero-order chi connectivity index (χ0) is 20.9. The van der Waals surface area contributed by atoms with Crippen LogP contribution in [0.1, 0.15) is 22.3 Å². The Labute approximate surface area is 182 Å². The second-order valence-corrected chi connectivity index (χ2v) is 9.80. The molecule has 1 N–H and O–H groups in total. The maximum Gasteiger partial charge on any atom is 0.216 e. The minimum Gasteiger partial charge on any atom is -0.330 e. The van der Waals surface area contributed by atoms with E-state index in [0.717, 1.165) is 27.9 Å². The van der Waals surface area contributed by atoms with E-state index in [9.17, 15) is 4.57 Å². The van der Waals surface area contributed by atoms with Gasteiger partial charge in [-0.15, -0.1) is 0 Å². The van der Waals surface area contributed by atoms with Crippen LogP contribution in [-0.4, -0.2) is 0 Å². The van der Waals surface area contributed by atoms with Crippen LogP contribution in [-0.2, 0) is 4.57 Å². The lowest BCUT2D eigenvalue weighted by molar-refractivity contribution is 0.589. The Balaban J connectivity index is 2.06. The Bertz CT molecular complexity index is 1030. The van der Waals surface area contributed by atoms with Gasteiger partial charge < -0.3 is 5.09 Å². The van der Waals surface area contributed by atoms with Crippen molar-refractivity contribution >= 4 is 46.2 Å². The number of hydrogen-bond donors (Lipinski definition) is 1. The Kier molecular flexibility index (Phi) is 7.03. The number of halogens is 2. The molecular weight excluding hydrogens is 420 g/mol. The molecule has 0 spiro atoms. The van der Waals surface area contributed by atoms with Crippen LogP contribution in [0, 0.1) is 13.8 Å². The Hall–Kier alpha value is -2.25. The van der Waals surface area contributed by atoms with E-state index in [1.165, 1.54) is 0 Å². The van der Waals surface area contributed by atoms with E-state index >= 15 is 0 Å². The van der Waals surface area contributed by atoms with Gasteiger partial charge in [0.15, 0.2) is 0 Å². The highest BCUT2D eigenvalue weighted by atomic mass is 35.5. The number of benzene rings is 3. The summed E-state index contributed by atoms with van der Waals surface area (Å²) in [6, 6.07) is 24.8. The molecule has 0 aliphatic carbocycles. The van der Waals surface area contributed by atoms with Gasteiger partial charge in [0, 0.05) is 17.3 Å². The number of rotatable bonds is 6. The van der Waals surface area contributed by atoms with Crippen molar-refractivity contribution in [1.29, 1.82) is 0 Å². The number of anilines is 1. The standard InChI is InChI=1S/C24H22Cl2NOP/c1-18-13-14-24(19(2)15-18)27-29(28,16-22(25)20-9-5-3-6-10-20)17-23(26)21-11-7-4-8-12-21/h3-17H,1-2H3,(H,27,28)/b22-16-,23-17+. The smallest absolute Gasteiger partial charge is 0.216 e. The summed E-state index contributed by atoms with van der Waals surface area (Å²) in [5, 5.41) is 3.99. The van der Waals surface area contributed by atoms with Crippen molar-refractivity contribution in [2.75, 3.05) is 5.09 Å². The predicted molar refractivity (Wildman–Crippen MR) is 128 cm³/mol. The second kappa shape index (κ2) is 9.50. The van der Waals surface area contributed by atoms with Crippen LogP contribution in [0.5, 0.6) is 0 Å². The molecule has 0 bridgehead atoms. The highest BCUT2D eigenvalue weighted by Gasteiger charge is 2.20. The zero-order valence-corrected chi connectivity index (χ0v) is 18.7. The second-order valence-electron chi connectivity index (χ2n) is 6.83. The van der Waals surface area contributed by atoms with Gasteiger partial charge in [0.05, 0.1) is 10.1 Å². The minimum atomic E-state index is -3.26. The Morgan fingerprint density at radius 2 is 1.28 bits per heavy atom. The molecule has 0 radical (unpaired) electrons. The van der Waals surface area contributed by atoms with Crippen molar-refractivity contribution in [3.8, 4) is 0 Å². The molecule has 0 aromatic heterocycles. The van der Waals surface area contributed by atoms with Crippen LogP contribution in [0.2, 0.25) is 0 Å². The van der Waals surface area contributed by atoms with E-state index in [0.29, 0.717) is 10.1 Å². The van der Waals surface area contributed by atoms with Gasteiger partial charge in [-0.25, -0.2) is 0 Å². The van der Waals surface area contributed by atoms with Crippen molar-refractivity contribution in [2.24, 2.45) is 0 Å². The molecule has 5 heteroatoms. The molecule has 3 rings (SSSR count). The molecule has 0 aliphatic heterocycles. The van der Waals surface area contributed by atoms with Gasteiger partial charge in [-0.05, 0) is 36.6 Å². The molecule has 2 nitrogen and oxygen atoms in total. The van der Waals surface area contributed by atoms with Crippen LogP contribution < -0.4 is 5.09 Å². The first kappa shape index (κ1) is 21.5. The molecule has 3 aromatic carbocycles. The lowest BCUT2D eigenvalue weighted by Crippen LogP contribution is -1.96. The van der Waals surface area contributed by atoms with E-state index in [-0.39, 0.29) is 0 Å². The van der Waals surface area contributed by atoms with E-state index in [1.807, 2.05) is 92.7 Å². The van der Waals surface area contributed by atoms with Gasteiger partial charge in [0.25, 0.3) is 0 Å². The van der Waals surface area contributed by atoms with Gasteiger partial charge in [0.2, 0.25) is 7.29 Å². The molecule has 1 atom stereocenters. The molecule has 0 fully saturated rings. The average Bonchev–Trinajstić information content (AvgIpc) is 2.71. The quantitative estimate of drug-likeness (QED) is 0.388. The summed E-state index contributed by atoms with van der Waals surface area (Å²) in [4.78, 5) is 0. The lowest BCUT2D eigenvalue weighted by Gasteiger charge is -2.18. The topological polar surface area (TPSA) is 29.1 Å². The molecule has 0 saturated carbocycles. The predicted octanol–water partition coefficient (Wildman–Crippen LogP) is 8.47. The Morgan fingerprint density at radius 3 is 1.72 bits per heavy atom. The summed E-state index contributed by atoms with van der Waals surface area (Å²) in [7, 11) is -3.26. The molecule has 3 aromatic rings. The van der Waals surface area contributed by atoms with Crippen molar-refractivity contribution in [3.63, 3.8) is 0 Å². The molecular formula is C24H22Cl2NOP. The fourth-order valence-corrected chi connectivity index (χ4v) is 5.83. The van der Waals surface area contributed by atoms with Crippen LogP contribution in [0.15, 0.2) is 90.5 Å². The van der Waals surface area contributed by atoms with Crippen molar-refractivity contribution < 1.29 is 4.57 Å². The monoisotopic (exact) mass is 441 g/mol. The molecule has 148 valence electrons. The fourth-order valence-electron chi connectivity index (χ4n) is 2.91. The molecule has 29 heavy (non-hydrogen) atoms. The van der Waals surface area contributed by atoms with Gasteiger partial charge in [-0.3, -0.25) is 4.57 Å². The SMILES string of the molecule is Cc1ccc(NP(=O)(/C=C(\Cl)c2ccccc2)/C=C(/Cl)c2ccccc2)c(C)c1. The van der Waals surface area contributed by atoms with Crippen LogP contribution >= 0.6 is 30.5 Å². The van der Waals surface area contributed by atoms with Crippen LogP contribution in [0.25, 0.3) is 10.1 Å². The van der Waals surface area contributed by atoms with Crippen molar-refractivity contribution in [1.82, 2.24) is 0 Å². The van der Waals surface area contributed by atoms with E-state index < -0.39 is 7.29 Å². The molecule has 0 heterocycles. The highest BCUT2D eigenvalue weighted by molar-refractivity contribution is 7.72. The third-order valence-electron chi connectivity index (χ3n) is 4.39.